The Morgan fingerprint density at radius 2 is 2.10 bits per heavy atom. The molecular formula is C23H27N3O3S2. The van der Waals surface area contributed by atoms with E-state index in [9.17, 15) is 9.59 Å². The number of piperidine rings is 1. The summed E-state index contributed by atoms with van der Waals surface area (Å²) in [5.74, 6) is 0.436. The van der Waals surface area contributed by atoms with Gasteiger partial charge in [-0.05, 0) is 68.8 Å². The molecule has 31 heavy (non-hydrogen) atoms. The largest absolute Gasteiger partial charge is 0.462 e. The lowest BCUT2D eigenvalue weighted by molar-refractivity contribution is 0.0526. The highest BCUT2D eigenvalue weighted by Crippen LogP contribution is 2.40. The first kappa shape index (κ1) is 20.7. The number of hydrogen-bond acceptors (Lipinski definition) is 5. The van der Waals surface area contributed by atoms with Crippen molar-refractivity contribution in [2.45, 2.75) is 51.5 Å². The van der Waals surface area contributed by atoms with Gasteiger partial charge in [0.15, 0.2) is 5.11 Å². The van der Waals surface area contributed by atoms with Gasteiger partial charge in [0, 0.05) is 42.2 Å². The minimum Gasteiger partial charge on any atom is -0.462 e. The molecule has 1 saturated heterocycles. The van der Waals surface area contributed by atoms with Crippen LogP contribution in [0.1, 0.15) is 58.6 Å². The molecule has 0 aromatic carbocycles. The molecule has 8 heteroatoms. The van der Waals surface area contributed by atoms with Crippen molar-refractivity contribution in [1.29, 1.82) is 0 Å². The maximum atomic E-state index is 12.7. The summed E-state index contributed by atoms with van der Waals surface area (Å²) in [6, 6.07) is 5.56. The molecule has 0 radical (unpaired) electrons. The van der Waals surface area contributed by atoms with Crippen molar-refractivity contribution in [3.05, 3.63) is 50.3 Å². The highest BCUT2D eigenvalue weighted by Gasteiger charge is 2.36. The number of hydrogen-bond donors (Lipinski definition) is 1. The van der Waals surface area contributed by atoms with Crippen molar-refractivity contribution in [3.8, 4) is 0 Å². The molecule has 4 heterocycles. The first-order chi connectivity index (χ1) is 15.0. The number of fused-ring (bicyclic) bond motifs is 5. The fourth-order valence-electron chi connectivity index (χ4n) is 5.31. The molecular weight excluding hydrogens is 430 g/mol. The third-order valence-corrected chi connectivity index (χ3v) is 8.21. The van der Waals surface area contributed by atoms with Gasteiger partial charge in [0.2, 0.25) is 0 Å². The summed E-state index contributed by atoms with van der Waals surface area (Å²) in [4.78, 5) is 28.5. The maximum absolute atomic E-state index is 12.7. The molecule has 1 aliphatic carbocycles. The summed E-state index contributed by atoms with van der Waals surface area (Å²) in [6.45, 7) is 4.55. The van der Waals surface area contributed by atoms with Crippen molar-refractivity contribution in [2.75, 3.05) is 25.0 Å². The third kappa shape index (κ3) is 3.80. The van der Waals surface area contributed by atoms with E-state index in [1.807, 2.05) is 17.6 Å². The summed E-state index contributed by atoms with van der Waals surface area (Å²) >= 11 is 7.46. The normalized spacial score (nSPS) is 21.8. The minimum absolute atomic E-state index is 0.0876. The standard InChI is InChI=1S/C23H27N3O3S2/c1-2-29-22(28)20-16-6-3-4-8-18(16)31-21(20)24-23(30)25-11-14-10-15(13-25)17-7-5-9-19(27)26(17)12-14/h5,7,9,14-15H,2-4,6,8,10-13H2,1H3,(H,24,30)/t14-,15-/m0/s1. The molecule has 5 rings (SSSR count). The Morgan fingerprint density at radius 3 is 2.94 bits per heavy atom. The summed E-state index contributed by atoms with van der Waals surface area (Å²) in [5, 5.41) is 4.89. The van der Waals surface area contributed by atoms with Gasteiger partial charge in [-0.3, -0.25) is 4.79 Å². The van der Waals surface area contributed by atoms with Gasteiger partial charge in [-0.2, -0.15) is 0 Å². The summed E-state index contributed by atoms with van der Waals surface area (Å²) in [6.07, 6.45) is 5.29. The van der Waals surface area contributed by atoms with Crippen LogP contribution in [0.4, 0.5) is 5.00 Å². The lowest BCUT2D eigenvalue weighted by atomic mass is 9.83. The number of anilines is 1. The molecule has 2 bridgehead atoms. The van der Waals surface area contributed by atoms with Gasteiger partial charge in [0.25, 0.3) is 5.56 Å². The summed E-state index contributed by atoms with van der Waals surface area (Å²) in [7, 11) is 0. The number of carbonyl (C=O) groups is 1. The van der Waals surface area contributed by atoms with E-state index in [2.05, 4.69) is 16.3 Å². The number of nitrogens with zero attached hydrogens (tertiary/aromatic N) is 2. The second kappa shape index (κ2) is 8.39. The molecule has 2 aromatic heterocycles. The van der Waals surface area contributed by atoms with Crippen LogP contribution in [0, 0.1) is 5.92 Å². The number of aromatic nitrogens is 1. The van der Waals surface area contributed by atoms with Gasteiger partial charge in [-0.15, -0.1) is 11.3 Å². The molecule has 1 N–H and O–H groups in total. The Kier molecular flexibility index (Phi) is 5.60. The molecule has 6 nitrogen and oxygen atoms in total. The van der Waals surface area contributed by atoms with Crippen LogP contribution in [-0.2, 0) is 24.1 Å². The molecule has 0 saturated carbocycles. The number of rotatable bonds is 3. The molecule has 2 atom stereocenters. The smallest absolute Gasteiger partial charge is 0.341 e. The van der Waals surface area contributed by atoms with Gasteiger partial charge < -0.3 is 19.5 Å². The van der Waals surface area contributed by atoms with E-state index in [1.165, 1.54) is 4.88 Å². The molecule has 2 aromatic rings. The fraction of sp³-hybridized carbons (Fsp3) is 0.522. The number of likely N-dealkylation sites (tertiary alicyclic amines) is 1. The van der Waals surface area contributed by atoms with Crippen LogP contribution in [0.3, 0.4) is 0 Å². The van der Waals surface area contributed by atoms with E-state index in [0.717, 1.165) is 68.0 Å². The first-order valence-electron chi connectivity index (χ1n) is 11.1. The van der Waals surface area contributed by atoms with Crippen molar-refractivity contribution < 1.29 is 9.53 Å². The van der Waals surface area contributed by atoms with Crippen LogP contribution in [0.5, 0.6) is 0 Å². The van der Waals surface area contributed by atoms with Crippen LogP contribution in [0.2, 0.25) is 0 Å². The number of aryl methyl sites for hydroxylation is 1. The maximum Gasteiger partial charge on any atom is 0.341 e. The second-order valence-electron chi connectivity index (χ2n) is 8.67. The zero-order valence-corrected chi connectivity index (χ0v) is 19.3. The Morgan fingerprint density at radius 1 is 1.26 bits per heavy atom. The van der Waals surface area contributed by atoms with Crippen molar-refractivity contribution in [3.63, 3.8) is 0 Å². The number of nitrogens with one attached hydrogen (secondary N) is 1. The molecule has 164 valence electrons. The average Bonchev–Trinajstić information content (AvgIpc) is 3.12. The van der Waals surface area contributed by atoms with E-state index >= 15 is 0 Å². The number of carbonyl (C=O) groups excluding carboxylic acids is 1. The molecule has 0 amide bonds. The Bertz CT molecular complexity index is 1090. The minimum atomic E-state index is -0.254. The van der Waals surface area contributed by atoms with E-state index in [0.29, 0.717) is 29.1 Å². The Balaban J connectivity index is 1.38. The van der Waals surface area contributed by atoms with Gasteiger partial charge >= 0.3 is 5.97 Å². The monoisotopic (exact) mass is 457 g/mol. The topological polar surface area (TPSA) is 63.6 Å². The van der Waals surface area contributed by atoms with Crippen LogP contribution >= 0.6 is 23.6 Å². The zero-order valence-electron chi connectivity index (χ0n) is 17.7. The number of thiocarbonyl (C=S) groups is 1. The van der Waals surface area contributed by atoms with Gasteiger partial charge in [-0.1, -0.05) is 6.07 Å². The molecule has 3 aliphatic rings. The number of thiophene rings is 1. The van der Waals surface area contributed by atoms with Crippen molar-refractivity contribution in [2.24, 2.45) is 5.92 Å². The number of esters is 1. The molecule has 0 unspecified atom stereocenters. The highest BCUT2D eigenvalue weighted by molar-refractivity contribution is 7.80. The molecule has 2 aliphatic heterocycles. The van der Waals surface area contributed by atoms with Gasteiger partial charge in [-0.25, -0.2) is 4.79 Å². The predicted molar refractivity (Wildman–Crippen MR) is 126 cm³/mol. The van der Waals surface area contributed by atoms with Gasteiger partial charge in [0.05, 0.1) is 12.2 Å². The molecule has 0 spiro atoms. The van der Waals surface area contributed by atoms with Crippen LogP contribution in [0.25, 0.3) is 0 Å². The van der Waals surface area contributed by atoms with E-state index in [1.54, 1.807) is 17.4 Å². The Labute approximate surface area is 191 Å². The van der Waals surface area contributed by atoms with E-state index in [-0.39, 0.29) is 11.5 Å². The summed E-state index contributed by atoms with van der Waals surface area (Å²) in [5.41, 5.74) is 3.02. The lowest BCUT2D eigenvalue weighted by Gasteiger charge is -2.43. The van der Waals surface area contributed by atoms with Crippen molar-refractivity contribution >= 4 is 39.6 Å². The second-order valence-corrected chi connectivity index (χ2v) is 10.2. The number of ether oxygens (including phenoxy) is 1. The Hall–Kier alpha value is -2.19. The summed E-state index contributed by atoms with van der Waals surface area (Å²) < 4.78 is 7.30. The predicted octanol–water partition coefficient (Wildman–Crippen LogP) is 3.78. The first-order valence-corrected chi connectivity index (χ1v) is 12.3. The average molecular weight is 458 g/mol. The van der Waals surface area contributed by atoms with Crippen molar-refractivity contribution in [1.82, 2.24) is 9.47 Å². The van der Waals surface area contributed by atoms with Crippen LogP contribution in [-0.4, -0.2) is 40.2 Å². The third-order valence-electron chi connectivity index (χ3n) is 6.64. The molecule has 1 fully saturated rings. The van der Waals surface area contributed by atoms with Gasteiger partial charge in [0.1, 0.15) is 5.00 Å². The fourth-order valence-corrected chi connectivity index (χ4v) is 6.90. The SMILES string of the molecule is CCOC(=O)c1c(NC(=S)N2C[C@@H]3C[C@@H](C2)c2cccc(=O)n2C3)sc2c1CCCC2. The quantitative estimate of drug-likeness (QED) is 0.559. The highest BCUT2D eigenvalue weighted by atomic mass is 32.1. The number of pyridine rings is 1. The van der Waals surface area contributed by atoms with E-state index in [4.69, 9.17) is 17.0 Å². The lowest BCUT2D eigenvalue weighted by Crippen LogP contribution is -2.50. The van der Waals surface area contributed by atoms with Crippen LogP contribution in [0.15, 0.2) is 23.0 Å². The van der Waals surface area contributed by atoms with Crippen LogP contribution < -0.4 is 10.9 Å². The van der Waals surface area contributed by atoms with E-state index < -0.39 is 0 Å². The zero-order chi connectivity index (χ0) is 21.5.